The maximum atomic E-state index is 12.7. The third-order valence-corrected chi connectivity index (χ3v) is 6.45. The van der Waals surface area contributed by atoms with Crippen LogP contribution in [0, 0.1) is 11.3 Å². The van der Waals surface area contributed by atoms with E-state index in [2.05, 4.69) is 27.1 Å². The van der Waals surface area contributed by atoms with E-state index in [4.69, 9.17) is 4.74 Å². The molecule has 1 saturated heterocycles. The molecule has 0 aromatic carbocycles. The predicted molar refractivity (Wildman–Crippen MR) is 95.2 cm³/mol. The maximum absolute atomic E-state index is 12.7. The van der Waals surface area contributed by atoms with Gasteiger partial charge in [-0.3, -0.25) is 4.79 Å². The fourth-order valence-corrected chi connectivity index (χ4v) is 4.73. The lowest BCUT2D eigenvalue weighted by atomic mass is 9.51. The lowest BCUT2D eigenvalue weighted by Gasteiger charge is -2.61. The van der Waals surface area contributed by atoms with E-state index in [-0.39, 0.29) is 17.2 Å². The van der Waals surface area contributed by atoms with Crippen LogP contribution < -0.4 is 10.2 Å². The topological polar surface area (TPSA) is 67.3 Å². The van der Waals surface area contributed by atoms with Crippen LogP contribution in [0.2, 0.25) is 0 Å². The zero-order valence-electron chi connectivity index (χ0n) is 15.0. The Morgan fingerprint density at radius 3 is 2.64 bits per heavy atom. The van der Waals surface area contributed by atoms with Crippen molar-refractivity contribution >= 4 is 11.9 Å². The molecule has 1 aromatic rings. The average Bonchev–Trinajstić information content (AvgIpc) is 2.60. The number of piperidine rings is 1. The zero-order valence-corrected chi connectivity index (χ0v) is 15.0. The third-order valence-electron chi connectivity index (χ3n) is 6.45. The Balaban J connectivity index is 1.29. The molecule has 2 aliphatic carbocycles. The summed E-state index contributed by atoms with van der Waals surface area (Å²) in [5, 5.41) is 3.35. The molecule has 1 amide bonds. The van der Waals surface area contributed by atoms with Crippen molar-refractivity contribution in [2.75, 3.05) is 24.6 Å². The number of ether oxygens (including phenoxy) is 1. The molecule has 3 fully saturated rings. The minimum Gasteiger partial charge on any atom is -0.378 e. The number of rotatable bonds is 5. The standard InChI is InChI=1S/C19H28N4O2/c1-2-25-16-13-15(19(16)7-3-8-19)22-17(24)14-5-11-23(12-6-14)18-20-9-4-10-21-18/h4,9-10,14-16H,2-3,5-8,11-13H2,1H3,(H,22,24)/t15-,16+/m1/s1. The van der Waals surface area contributed by atoms with Gasteiger partial charge in [-0.15, -0.1) is 0 Å². The molecule has 2 heterocycles. The number of nitrogens with one attached hydrogen (secondary N) is 1. The molecule has 1 aliphatic heterocycles. The molecule has 25 heavy (non-hydrogen) atoms. The van der Waals surface area contributed by atoms with Gasteiger partial charge in [0.2, 0.25) is 11.9 Å². The van der Waals surface area contributed by atoms with Crippen molar-refractivity contribution in [1.82, 2.24) is 15.3 Å². The Hall–Kier alpha value is -1.69. The van der Waals surface area contributed by atoms with Gasteiger partial charge in [0, 0.05) is 49.5 Å². The highest BCUT2D eigenvalue weighted by atomic mass is 16.5. The molecule has 1 aromatic heterocycles. The van der Waals surface area contributed by atoms with E-state index in [1.165, 1.54) is 19.3 Å². The lowest BCUT2D eigenvalue weighted by Crippen LogP contribution is -2.68. The molecule has 6 nitrogen and oxygen atoms in total. The molecule has 6 heteroatoms. The SMILES string of the molecule is CCO[C@H]1C[C@@H](NC(=O)C2CCN(c3ncccn3)CC2)C12CCC2. The lowest BCUT2D eigenvalue weighted by molar-refractivity contribution is -0.176. The Bertz CT molecular complexity index is 597. The summed E-state index contributed by atoms with van der Waals surface area (Å²) < 4.78 is 5.88. The smallest absolute Gasteiger partial charge is 0.225 e. The summed E-state index contributed by atoms with van der Waals surface area (Å²) in [5.41, 5.74) is 0.240. The van der Waals surface area contributed by atoms with Crippen molar-refractivity contribution in [3.63, 3.8) is 0 Å². The molecule has 2 saturated carbocycles. The highest BCUT2D eigenvalue weighted by Gasteiger charge is 2.59. The first-order valence-corrected chi connectivity index (χ1v) is 9.67. The van der Waals surface area contributed by atoms with Crippen molar-refractivity contribution in [1.29, 1.82) is 0 Å². The second-order valence-electron chi connectivity index (χ2n) is 7.64. The Morgan fingerprint density at radius 2 is 2.04 bits per heavy atom. The van der Waals surface area contributed by atoms with Crippen LogP contribution in [-0.2, 0) is 9.53 Å². The molecule has 0 unspecified atom stereocenters. The summed E-state index contributed by atoms with van der Waals surface area (Å²) in [5.74, 6) is 1.12. The minimum absolute atomic E-state index is 0.114. The Morgan fingerprint density at radius 1 is 1.32 bits per heavy atom. The average molecular weight is 344 g/mol. The number of hydrogen-bond acceptors (Lipinski definition) is 5. The fraction of sp³-hybridized carbons (Fsp3) is 0.737. The van der Waals surface area contributed by atoms with E-state index in [9.17, 15) is 4.79 Å². The molecule has 1 N–H and O–H groups in total. The highest BCUT2D eigenvalue weighted by molar-refractivity contribution is 5.79. The molecule has 136 valence electrons. The van der Waals surface area contributed by atoms with Gasteiger partial charge in [0.15, 0.2) is 0 Å². The van der Waals surface area contributed by atoms with Gasteiger partial charge >= 0.3 is 0 Å². The number of nitrogens with zero attached hydrogens (tertiary/aromatic N) is 3. The third kappa shape index (κ3) is 3.01. The second-order valence-corrected chi connectivity index (χ2v) is 7.64. The van der Waals surface area contributed by atoms with Crippen LogP contribution in [0.15, 0.2) is 18.5 Å². The normalized spacial score (nSPS) is 28.3. The fourth-order valence-electron chi connectivity index (χ4n) is 4.73. The molecule has 1 spiro atoms. The van der Waals surface area contributed by atoms with Crippen molar-refractivity contribution in [2.45, 2.75) is 57.6 Å². The molecule has 0 radical (unpaired) electrons. The van der Waals surface area contributed by atoms with Gasteiger partial charge in [-0.1, -0.05) is 6.42 Å². The van der Waals surface area contributed by atoms with Crippen LogP contribution in [0.25, 0.3) is 0 Å². The van der Waals surface area contributed by atoms with Crippen LogP contribution in [0.1, 0.15) is 45.4 Å². The van der Waals surface area contributed by atoms with Gasteiger partial charge in [-0.2, -0.15) is 0 Å². The number of hydrogen-bond donors (Lipinski definition) is 1. The summed E-state index contributed by atoms with van der Waals surface area (Å²) in [4.78, 5) is 23.5. The van der Waals surface area contributed by atoms with Crippen LogP contribution in [0.3, 0.4) is 0 Å². The molecular formula is C19H28N4O2. The van der Waals surface area contributed by atoms with E-state index in [1.54, 1.807) is 12.4 Å². The van der Waals surface area contributed by atoms with Gasteiger partial charge in [-0.25, -0.2) is 9.97 Å². The first kappa shape index (κ1) is 16.8. The molecule has 0 bridgehead atoms. The summed E-state index contributed by atoms with van der Waals surface area (Å²) in [6.45, 7) is 4.52. The van der Waals surface area contributed by atoms with Crippen molar-refractivity contribution in [3.05, 3.63) is 18.5 Å². The van der Waals surface area contributed by atoms with Crippen molar-refractivity contribution < 1.29 is 9.53 Å². The van der Waals surface area contributed by atoms with E-state index in [0.29, 0.717) is 12.1 Å². The first-order valence-electron chi connectivity index (χ1n) is 9.67. The number of carbonyl (C=O) groups is 1. The van der Waals surface area contributed by atoms with E-state index in [1.807, 2.05) is 6.07 Å². The molecule has 3 aliphatic rings. The molecule has 4 rings (SSSR count). The summed E-state index contributed by atoms with van der Waals surface area (Å²) in [7, 11) is 0. The monoisotopic (exact) mass is 344 g/mol. The number of aromatic nitrogens is 2. The highest BCUT2D eigenvalue weighted by Crippen LogP contribution is 2.57. The van der Waals surface area contributed by atoms with Gasteiger partial charge in [-0.05, 0) is 45.1 Å². The first-order chi connectivity index (χ1) is 12.2. The van der Waals surface area contributed by atoms with E-state index >= 15 is 0 Å². The summed E-state index contributed by atoms with van der Waals surface area (Å²) >= 11 is 0. The Kier molecular flexibility index (Phi) is 4.63. The maximum Gasteiger partial charge on any atom is 0.225 e. The largest absolute Gasteiger partial charge is 0.378 e. The summed E-state index contributed by atoms with van der Waals surface area (Å²) in [6.07, 6.45) is 10.3. The number of carbonyl (C=O) groups excluding carboxylic acids is 1. The number of amides is 1. The Labute approximate surface area is 149 Å². The molecular weight excluding hydrogens is 316 g/mol. The van der Waals surface area contributed by atoms with Gasteiger partial charge < -0.3 is 15.0 Å². The van der Waals surface area contributed by atoms with Crippen LogP contribution in [0.4, 0.5) is 5.95 Å². The van der Waals surface area contributed by atoms with Crippen LogP contribution in [-0.4, -0.2) is 47.7 Å². The van der Waals surface area contributed by atoms with Crippen LogP contribution in [0.5, 0.6) is 0 Å². The predicted octanol–water partition coefficient (Wildman–Crippen LogP) is 2.16. The molecule has 2 atom stereocenters. The van der Waals surface area contributed by atoms with Crippen molar-refractivity contribution in [2.24, 2.45) is 11.3 Å². The van der Waals surface area contributed by atoms with Gasteiger partial charge in [0.05, 0.1) is 6.10 Å². The second kappa shape index (κ2) is 6.90. The van der Waals surface area contributed by atoms with Crippen LogP contribution >= 0.6 is 0 Å². The zero-order chi connectivity index (χ0) is 17.3. The number of anilines is 1. The van der Waals surface area contributed by atoms with E-state index < -0.39 is 0 Å². The van der Waals surface area contributed by atoms with Gasteiger partial charge in [0.1, 0.15) is 0 Å². The van der Waals surface area contributed by atoms with Crippen molar-refractivity contribution in [3.8, 4) is 0 Å². The minimum atomic E-state index is 0.114. The van der Waals surface area contributed by atoms with E-state index in [0.717, 1.165) is 44.9 Å². The van der Waals surface area contributed by atoms with Gasteiger partial charge in [0.25, 0.3) is 0 Å². The summed E-state index contributed by atoms with van der Waals surface area (Å²) in [6, 6.07) is 2.15. The quantitative estimate of drug-likeness (QED) is 0.886.